The normalized spacial score (nSPS) is 15.7. The van der Waals surface area contributed by atoms with Crippen LogP contribution in [0.15, 0.2) is 66.7 Å². The Balaban J connectivity index is 1.28. The zero-order valence-electron chi connectivity index (χ0n) is 19.7. The Morgan fingerprint density at radius 2 is 1.74 bits per heavy atom. The number of amides is 2. The van der Waals surface area contributed by atoms with Crippen LogP contribution >= 0.6 is 0 Å². The molecule has 1 saturated heterocycles. The number of likely N-dealkylation sites (tertiary alicyclic amines) is 1. The molecule has 0 aromatic heterocycles. The van der Waals surface area contributed by atoms with E-state index in [0.717, 1.165) is 48.0 Å². The highest BCUT2D eigenvalue weighted by Gasteiger charge is 2.29. The number of fused-ring (bicyclic) bond motifs is 1. The number of carbonyl (C=O) groups is 2. The van der Waals surface area contributed by atoms with Gasteiger partial charge in [-0.05, 0) is 55.3 Å². The van der Waals surface area contributed by atoms with Crippen molar-refractivity contribution in [1.29, 1.82) is 0 Å². The first-order valence-electron chi connectivity index (χ1n) is 12.0. The summed E-state index contributed by atoms with van der Waals surface area (Å²) in [5.41, 5.74) is 0.649. The predicted octanol–water partition coefficient (Wildman–Crippen LogP) is 4.68. The molecule has 0 bridgehead atoms. The third-order valence-corrected chi connectivity index (χ3v) is 6.30. The summed E-state index contributed by atoms with van der Waals surface area (Å²) >= 11 is 0. The molecule has 4 rings (SSSR count). The van der Waals surface area contributed by atoms with Crippen molar-refractivity contribution in [2.45, 2.75) is 25.7 Å². The Hall–Kier alpha value is -3.54. The fraction of sp³-hybridized carbons (Fsp3) is 0.357. The molecule has 1 N–H and O–H groups in total. The van der Waals surface area contributed by atoms with Gasteiger partial charge in [-0.15, -0.1) is 0 Å². The summed E-state index contributed by atoms with van der Waals surface area (Å²) in [6.45, 7) is 2.36. The van der Waals surface area contributed by atoms with Crippen molar-refractivity contribution in [3.8, 4) is 11.5 Å². The van der Waals surface area contributed by atoms with Crippen molar-refractivity contribution in [2.24, 2.45) is 5.92 Å². The summed E-state index contributed by atoms with van der Waals surface area (Å²) in [4.78, 5) is 27.9. The number of hydrogen-bond donors (Lipinski definition) is 1. The largest absolute Gasteiger partial charge is 0.496 e. The van der Waals surface area contributed by atoms with Crippen LogP contribution in [0.5, 0.6) is 11.5 Å². The van der Waals surface area contributed by atoms with Crippen LogP contribution in [0.2, 0.25) is 0 Å². The highest BCUT2D eigenvalue weighted by Crippen LogP contribution is 2.30. The van der Waals surface area contributed by atoms with Gasteiger partial charge in [0.05, 0.1) is 19.6 Å². The first-order chi connectivity index (χ1) is 16.7. The highest BCUT2D eigenvalue weighted by molar-refractivity contribution is 6.08. The maximum Gasteiger partial charge on any atom is 0.254 e. The molecule has 1 fully saturated rings. The summed E-state index contributed by atoms with van der Waals surface area (Å²) in [7, 11) is 1.63. The van der Waals surface area contributed by atoms with Crippen molar-refractivity contribution < 1.29 is 19.1 Å². The molecule has 0 spiro atoms. The minimum Gasteiger partial charge on any atom is -0.496 e. The number of ether oxygens (including phenoxy) is 2. The number of carbonyl (C=O) groups excluding carboxylic acids is 2. The lowest BCUT2D eigenvalue weighted by Gasteiger charge is -2.32. The number of para-hydroxylation sites is 1. The van der Waals surface area contributed by atoms with Crippen LogP contribution in [-0.2, 0) is 4.79 Å². The van der Waals surface area contributed by atoms with Gasteiger partial charge in [0.15, 0.2) is 0 Å². The molecule has 3 aromatic rings. The van der Waals surface area contributed by atoms with Crippen LogP contribution in [0.3, 0.4) is 0 Å². The van der Waals surface area contributed by atoms with Crippen LogP contribution in [0.25, 0.3) is 10.8 Å². The second-order valence-electron chi connectivity index (χ2n) is 8.61. The molecular formula is C28H32N2O4. The SMILES string of the molecule is COc1ccc(C(=O)N2CCC[C@H](C(=O)NCCCCOc3ccccc3)C2)c2ccccc12. The molecule has 1 aliphatic rings. The molecule has 1 atom stereocenters. The number of nitrogens with zero attached hydrogens (tertiary/aromatic N) is 1. The number of nitrogens with one attached hydrogen (secondary N) is 1. The zero-order valence-corrected chi connectivity index (χ0v) is 19.7. The Morgan fingerprint density at radius 3 is 2.53 bits per heavy atom. The van der Waals surface area contributed by atoms with Crippen LogP contribution < -0.4 is 14.8 Å². The zero-order chi connectivity index (χ0) is 23.8. The van der Waals surface area contributed by atoms with Gasteiger partial charge in [-0.3, -0.25) is 9.59 Å². The van der Waals surface area contributed by atoms with Crippen LogP contribution in [0.1, 0.15) is 36.0 Å². The molecule has 3 aromatic carbocycles. The van der Waals surface area contributed by atoms with E-state index < -0.39 is 0 Å². The van der Waals surface area contributed by atoms with Crippen LogP contribution in [-0.4, -0.2) is 50.1 Å². The molecule has 1 heterocycles. The number of methoxy groups -OCH3 is 1. The van der Waals surface area contributed by atoms with E-state index in [1.54, 1.807) is 7.11 Å². The molecule has 178 valence electrons. The highest BCUT2D eigenvalue weighted by atomic mass is 16.5. The Morgan fingerprint density at radius 1 is 0.971 bits per heavy atom. The molecule has 0 aliphatic carbocycles. The van der Waals surface area contributed by atoms with Crippen LogP contribution in [0.4, 0.5) is 0 Å². The van der Waals surface area contributed by atoms with Gasteiger partial charge in [-0.1, -0.05) is 42.5 Å². The number of benzene rings is 3. The lowest BCUT2D eigenvalue weighted by Crippen LogP contribution is -2.45. The van der Waals surface area contributed by atoms with E-state index in [4.69, 9.17) is 9.47 Å². The lowest BCUT2D eigenvalue weighted by molar-refractivity contribution is -0.126. The van der Waals surface area contributed by atoms with Gasteiger partial charge in [-0.2, -0.15) is 0 Å². The van der Waals surface area contributed by atoms with E-state index in [9.17, 15) is 9.59 Å². The third-order valence-electron chi connectivity index (χ3n) is 6.30. The summed E-state index contributed by atoms with van der Waals surface area (Å²) < 4.78 is 11.1. The summed E-state index contributed by atoms with van der Waals surface area (Å²) in [6.07, 6.45) is 3.35. The Kier molecular flexibility index (Phi) is 8.02. The van der Waals surface area contributed by atoms with Gasteiger partial charge in [0, 0.05) is 30.6 Å². The van der Waals surface area contributed by atoms with Gasteiger partial charge in [0.1, 0.15) is 11.5 Å². The molecular weight excluding hydrogens is 428 g/mol. The number of piperidine rings is 1. The molecule has 34 heavy (non-hydrogen) atoms. The summed E-state index contributed by atoms with van der Waals surface area (Å²) in [5.74, 6) is 1.43. The predicted molar refractivity (Wildman–Crippen MR) is 133 cm³/mol. The maximum atomic E-state index is 13.4. The van der Waals surface area contributed by atoms with E-state index in [-0.39, 0.29) is 17.7 Å². The van der Waals surface area contributed by atoms with Gasteiger partial charge in [-0.25, -0.2) is 0 Å². The molecule has 6 nitrogen and oxygen atoms in total. The minimum absolute atomic E-state index is 0.0288. The van der Waals surface area contributed by atoms with Gasteiger partial charge in [0.2, 0.25) is 5.91 Å². The van der Waals surface area contributed by atoms with E-state index in [1.165, 1.54) is 0 Å². The third kappa shape index (κ3) is 5.68. The molecule has 0 saturated carbocycles. The van der Waals surface area contributed by atoms with E-state index in [1.807, 2.05) is 71.6 Å². The molecule has 0 radical (unpaired) electrons. The van der Waals surface area contributed by atoms with Crippen molar-refractivity contribution in [1.82, 2.24) is 10.2 Å². The van der Waals surface area contributed by atoms with Gasteiger partial charge < -0.3 is 19.7 Å². The number of rotatable bonds is 9. The smallest absolute Gasteiger partial charge is 0.254 e. The lowest BCUT2D eigenvalue weighted by atomic mass is 9.95. The van der Waals surface area contributed by atoms with E-state index >= 15 is 0 Å². The average molecular weight is 461 g/mol. The quantitative estimate of drug-likeness (QED) is 0.471. The topological polar surface area (TPSA) is 67.9 Å². The summed E-state index contributed by atoms with van der Waals surface area (Å²) in [5, 5.41) is 4.83. The van der Waals surface area contributed by atoms with E-state index in [2.05, 4.69) is 5.32 Å². The average Bonchev–Trinajstić information content (AvgIpc) is 2.90. The molecule has 1 aliphatic heterocycles. The standard InChI is InChI=1S/C28H32N2O4/c1-33-26-16-15-25(23-13-5-6-14-24(23)26)28(32)30-18-9-10-21(20-30)27(31)29-17-7-8-19-34-22-11-3-2-4-12-22/h2-6,11-16,21H,7-10,17-20H2,1H3,(H,29,31)/t21-/m0/s1. The van der Waals surface area contributed by atoms with Gasteiger partial charge >= 0.3 is 0 Å². The Labute approximate surface area is 200 Å². The van der Waals surface area contributed by atoms with Crippen molar-refractivity contribution >= 4 is 22.6 Å². The number of hydrogen-bond acceptors (Lipinski definition) is 4. The van der Waals surface area contributed by atoms with E-state index in [0.29, 0.717) is 31.8 Å². The first kappa shape index (κ1) is 23.6. The monoisotopic (exact) mass is 460 g/mol. The van der Waals surface area contributed by atoms with Crippen molar-refractivity contribution in [3.05, 3.63) is 72.3 Å². The second kappa shape index (κ2) is 11.5. The summed E-state index contributed by atoms with van der Waals surface area (Å²) in [6, 6.07) is 21.2. The van der Waals surface area contributed by atoms with Crippen molar-refractivity contribution in [2.75, 3.05) is 33.4 Å². The van der Waals surface area contributed by atoms with Gasteiger partial charge in [0.25, 0.3) is 5.91 Å². The van der Waals surface area contributed by atoms with Crippen LogP contribution in [0, 0.1) is 5.92 Å². The van der Waals surface area contributed by atoms with Crippen molar-refractivity contribution in [3.63, 3.8) is 0 Å². The molecule has 2 amide bonds. The minimum atomic E-state index is -0.178. The maximum absolute atomic E-state index is 13.4. The fourth-order valence-corrected chi connectivity index (χ4v) is 4.47. The number of unbranched alkanes of at least 4 members (excludes halogenated alkanes) is 1. The fourth-order valence-electron chi connectivity index (χ4n) is 4.47. The first-order valence-corrected chi connectivity index (χ1v) is 12.0. The Bertz CT molecular complexity index is 1120. The second-order valence-corrected chi connectivity index (χ2v) is 8.61. The molecule has 0 unspecified atom stereocenters. The molecule has 6 heteroatoms.